The summed E-state index contributed by atoms with van der Waals surface area (Å²) < 4.78 is 5.31. The highest BCUT2D eigenvalue weighted by Gasteiger charge is 2.25. The molecule has 2 rings (SSSR count). The molecule has 0 amide bonds. The molecular weight excluding hydrogens is 260 g/mol. The number of nitrogens with zero attached hydrogens (tertiary/aromatic N) is 1. The molecule has 1 aliphatic heterocycles. The largest absolute Gasteiger partial charge is 0.384 e. The fourth-order valence-electron chi connectivity index (χ4n) is 3.28. The van der Waals surface area contributed by atoms with Crippen LogP contribution in [0, 0.1) is 12.8 Å². The molecule has 0 aromatic heterocycles. The summed E-state index contributed by atoms with van der Waals surface area (Å²) in [6.07, 6.45) is 2.44. The predicted octanol–water partition coefficient (Wildman–Crippen LogP) is 3.00. The Kier molecular flexibility index (Phi) is 6.68. The first-order chi connectivity index (χ1) is 10.2. The summed E-state index contributed by atoms with van der Waals surface area (Å²) in [5.41, 5.74) is 2.83. The van der Waals surface area contributed by atoms with Crippen LogP contribution in [0.1, 0.15) is 36.9 Å². The second-order valence-electron chi connectivity index (χ2n) is 6.23. The molecule has 2 atom stereocenters. The number of ether oxygens (including phenoxy) is 1. The lowest BCUT2D eigenvalue weighted by Gasteiger charge is -2.26. The van der Waals surface area contributed by atoms with Crippen molar-refractivity contribution in [1.29, 1.82) is 0 Å². The molecule has 3 nitrogen and oxygen atoms in total. The summed E-state index contributed by atoms with van der Waals surface area (Å²) in [5, 5.41) is 3.73. The summed E-state index contributed by atoms with van der Waals surface area (Å²) in [6, 6.07) is 9.20. The molecule has 1 aromatic rings. The number of methoxy groups -OCH3 is 1. The maximum absolute atomic E-state index is 5.31. The van der Waals surface area contributed by atoms with E-state index in [-0.39, 0.29) is 0 Å². The van der Waals surface area contributed by atoms with Crippen LogP contribution in [0.4, 0.5) is 0 Å². The second-order valence-corrected chi connectivity index (χ2v) is 6.23. The third-order valence-electron chi connectivity index (χ3n) is 4.42. The van der Waals surface area contributed by atoms with E-state index in [2.05, 4.69) is 48.3 Å². The van der Waals surface area contributed by atoms with Crippen LogP contribution in [0.3, 0.4) is 0 Å². The van der Waals surface area contributed by atoms with E-state index in [4.69, 9.17) is 4.74 Å². The Morgan fingerprint density at radius 1 is 1.38 bits per heavy atom. The monoisotopic (exact) mass is 290 g/mol. The molecule has 1 saturated heterocycles. The van der Waals surface area contributed by atoms with Gasteiger partial charge in [-0.2, -0.15) is 0 Å². The van der Waals surface area contributed by atoms with Gasteiger partial charge in [-0.1, -0.05) is 31.2 Å². The summed E-state index contributed by atoms with van der Waals surface area (Å²) >= 11 is 0. The van der Waals surface area contributed by atoms with Crippen LogP contribution in [0.15, 0.2) is 24.3 Å². The van der Waals surface area contributed by atoms with Crippen molar-refractivity contribution in [2.24, 2.45) is 5.92 Å². The third-order valence-corrected chi connectivity index (χ3v) is 4.42. The first kappa shape index (κ1) is 16.5. The molecule has 0 saturated carbocycles. The van der Waals surface area contributed by atoms with E-state index in [9.17, 15) is 0 Å². The minimum Gasteiger partial charge on any atom is -0.384 e. The number of likely N-dealkylation sites (tertiary alicyclic amines) is 1. The van der Waals surface area contributed by atoms with Gasteiger partial charge >= 0.3 is 0 Å². The molecule has 0 bridgehead atoms. The van der Waals surface area contributed by atoms with Crippen LogP contribution in [-0.2, 0) is 4.74 Å². The molecule has 0 aliphatic carbocycles. The van der Waals surface area contributed by atoms with Crippen molar-refractivity contribution < 1.29 is 4.74 Å². The molecule has 1 heterocycles. The number of nitrogens with one attached hydrogen (secondary N) is 1. The summed E-state index contributed by atoms with van der Waals surface area (Å²) in [4.78, 5) is 2.59. The molecule has 0 spiro atoms. The molecule has 118 valence electrons. The maximum atomic E-state index is 5.31. The Hall–Kier alpha value is -0.900. The zero-order chi connectivity index (χ0) is 15.1. The minimum atomic E-state index is 0.437. The van der Waals surface area contributed by atoms with Gasteiger partial charge in [0.15, 0.2) is 0 Å². The van der Waals surface area contributed by atoms with Gasteiger partial charge in [0.2, 0.25) is 0 Å². The van der Waals surface area contributed by atoms with Gasteiger partial charge in [-0.15, -0.1) is 0 Å². The van der Waals surface area contributed by atoms with Crippen LogP contribution in [0.25, 0.3) is 0 Å². The van der Waals surface area contributed by atoms with E-state index in [1.54, 1.807) is 0 Å². The zero-order valence-electron chi connectivity index (χ0n) is 13.8. The maximum Gasteiger partial charge on any atom is 0.0503 e. The number of rotatable bonds is 8. The van der Waals surface area contributed by atoms with Crippen molar-refractivity contribution in [3.63, 3.8) is 0 Å². The molecule has 1 fully saturated rings. The zero-order valence-corrected chi connectivity index (χ0v) is 13.8. The van der Waals surface area contributed by atoms with Gasteiger partial charge < -0.3 is 15.0 Å². The van der Waals surface area contributed by atoms with Gasteiger partial charge in [0, 0.05) is 26.2 Å². The highest BCUT2D eigenvalue weighted by molar-refractivity contribution is 5.29. The van der Waals surface area contributed by atoms with Crippen molar-refractivity contribution in [1.82, 2.24) is 10.2 Å². The number of aryl methyl sites for hydroxylation is 1. The Morgan fingerprint density at radius 3 is 2.90 bits per heavy atom. The summed E-state index contributed by atoms with van der Waals surface area (Å²) in [7, 11) is 1.81. The number of hydrogen-bond acceptors (Lipinski definition) is 3. The molecule has 0 radical (unpaired) electrons. The second kappa shape index (κ2) is 8.52. The van der Waals surface area contributed by atoms with Gasteiger partial charge in [0.25, 0.3) is 0 Å². The van der Waals surface area contributed by atoms with Crippen molar-refractivity contribution in [2.75, 3.05) is 39.9 Å². The standard InChI is InChI=1S/C18H30N2O/c1-4-10-19-18(17-8-6-5-7-15(17)2)13-20-11-9-16(12-20)14-21-3/h5-8,16,18-19H,4,9-14H2,1-3H3. The SMILES string of the molecule is CCCNC(CN1CCC(COC)C1)c1ccccc1C. The topological polar surface area (TPSA) is 24.5 Å². The van der Waals surface area contributed by atoms with Crippen LogP contribution in [0.2, 0.25) is 0 Å². The fourth-order valence-corrected chi connectivity index (χ4v) is 3.28. The van der Waals surface area contributed by atoms with E-state index in [0.29, 0.717) is 12.0 Å². The van der Waals surface area contributed by atoms with E-state index < -0.39 is 0 Å². The van der Waals surface area contributed by atoms with Crippen molar-refractivity contribution >= 4 is 0 Å². The van der Waals surface area contributed by atoms with Crippen LogP contribution in [0.5, 0.6) is 0 Å². The lowest BCUT2D eigenvalue weighted by molar-refractivity contribution is 0.152. The van der Waals surface area contributed by atoms with Gasteiger partial charge in [0.05, 0.1) is 6.61 Å². The smallest absolute Gasteiger partial charge is 0.0503 e. The number of benzene rings is 1. The molecule has 1 aliphatic rings. The van der Waals surface area contributed by atoms with E-state index in [0.717, 1.165) is 19.7 Å². The van der Waals surface area contributed by atoms with E-state index in [1.807, 2.05) is 7.11 Å². The molecule has 3 heteroatoms. The van der Waals surface area contributed by atoms with Gasteiger partial charge in [-0.25, -0.2) is 0 Å². The van der Waals surface area contributed by atoms with E-state index >= 15 is 0 Å². The highest BCUT2D eigenvalue weighted by atomic mass is 16.5. The lowest BCUT2D eigenvalue weighted by atomic mass is 10.0. The lowest BCUT2D eigenvalue weighted by Crippen LogP contribution is -2.35. The van der Waals surface area contributed by atoms with Gasteiger partial charge in [-0.3, -0.25) is 0 Å². The predicted molar refractivity (Wildman–Crippen MR) is 88.6 cm³/mol. The fraction of sp³-hybridized carbons (Fsp3) is 0.667. The highest BCUT2D eigenvalue weighted by Crippen LogP contribution is 2.23. The van der Waals surface area contributed by atoms with Crippen LogP contribution in [-0.4, -0.2) is 44.8 Å². The summed E-state index contributed by atoms with van der Waals surface area (Å²) in [5.74, 6) is 0.707. The van der Waals surface area contributed by atoms with Gasteiger partial charge in [0.1, 0.15) is 0 Å². The van der Waals surface area contributed by atoms with Crippen molar-refractivity contribution in [3.05, 3.63) is 35.4 Å². The minimum absolute atomic E-state index is 0.437. The third kappa shape index (κ3) is 4.80. The van der Waals surface area contributed by atoms with Crippen molar-refractivity contribution in [2.45, 2.75) is 32.7 Å². The van der Waals surface area contributed by atoms with Crippen LogP contribution < -0.4 is 5.32 Å². The Bertz CT molecular complexity index is 421. The molecular formula is C18H30N2O. The van der Waals surface area contributed by atoms with Crippen molar-refractivity contribution in [3.8, 4) is 0 Å². The molecule has 21 heavy (non-hydrogen) atoms. The Morgan fingerprint density at radius 2 is 2.19 bits per heavy atom. The van der Waals surface area contributed by atoms with E-state index in [1.165, 1.54) is 37.1 Å². The average Bonchev–Trinajstić information content (AvgIpc) is 2.92. The average molecular weight is 290 g/mol. The number of hydrogen-bond donors (Lipinski definition) is 1. The first-order valence-electron chi connectivity index (χ1n) is 8.24. The quantitative estimate of drug-likeness (QED) is 0.796. The molecule has 2 unspecified atom stereocenters. The van der Waals surface area contributed by atoms with Crippen LogP contribution >= 0.6 is 0 Å². The summed E-state index contributed by atoms with van der Waals surface area (Å²) in [6.45, 7) is 9.89. The molecule has 1 aromatic carbocycles. The Labute approximate surface area is 129 Å². The normalized spacial score (nSPS) is 20.8. The van der Waals surface area contributed by atoms with Gasteiger partial charge in [-0.05, 0) is 49.9 Å². The first-order valence-corrected chi connectivity index (χ1v) is 8.24. The Balaban J connectivity index is 1.99. The molecule has 1 N–H and O–H groups in total.